The summed E-state index contributed by atoms with van der Waals surface area (Å²) < 4.78 is 13.5. The second kappa shape index (κ2) is 6.31. The van der Waals surface area contributed by atoms with Gasteiger partial charge in [-0.25, -0.2) is 4.39 Å². The highest BCUT2D eigenvalue weighted by Crippen LogP contribution is 2.27. The summed E-state index contributed by atoms with van der Waals surface area (Å²) >= 11 is 5.68. The van der Waals surface area contributed by atoms with Crippen molar-refractivity contribution < 1.29 is 4.39 Å². The van der Waals surface area contributed by atoms with Crippen LogP contribution in [0.15, 0.2) is 18.2 Å². The molecule has 0 saturated carbocycles. The maximum atomic E-state index is 13.5. The third-order valence-corrected chi connectivity index (χ3v) is 2.89. The van der Waals surface area contributed by atoms with E-state index in [4.69, 9.17) is 17.3 Å². The number of nitrogens with two attached hydrogens (primary N) is 1. The fourth-order valence-corrected chi connectivity index (χ4v) is 1.52. The van der Waals surface area contributed by atoms with E-state index in [1.807, 2.05) is 13.8 Å². The van der Waals surface area contributed by atoms with E-state index in [2.05, 4.69) is 0 Å². The summed E-state index contributed by atoms with van der Waals surface area (Å²) in [5.41, 5.74) is 6.43. The average Bonchev–Trinajstić information content (AvgIpc) is 2.20. The summed E-state index contributed by atoms with van der Waals surface area (Å²) in [5.74, 6) is -0.134. The lowest BCUT2D eigenvalue weighted by Gasteiger charge is -2.19. The molecule has 86 valence electrons. The summed E-state index contributed by atoms with van der Waals surface area (Å²) in [6.07, 6.45) is 0.924. The van der Waals surface area contributed by atoms with Crippen LogP contribution in [0, 0.1) is 11.7 Å². The summed E-state index contributed by atoms with van der Waals surface area (Å²) in [5, 5.41) is 0.140. The standard InChI is InChI=1S/C11H15ClFN.ClH/c1-3-7(2)11(14)8-5-4-6-9(12)10(8)13;/h4-7,11H,3,14H2,1-2H3;1H/t7?,11-;/m1./s1. The van der Waals surface area contributed by atoms with Crippen molar-refractivity contribution in [3.05, 3.63) is 34.6 Å². The zero-order valence-electron chi connectivity index (χ0n) is 8.84. The Labute approximate surface area is 101 Å². The minimum Gasteiger partial charge on any atom is -0.324 e. The van der Waals surface area contributed by atoms with Crippen molar-refractivity contribution in [2.75, 3.05) is 0 Å². The molecule has 1 unspecified atom stereocenters. The van der Waals surface area contributed by atoms with E-state index in [0.29, 0.717) is 5.56 Å². The van der Waals surface area contributed by atoms with Crippen LogP contribution in [0.25, 0.3) is 0 Å². The number of hydrogen-bond acceptors (Lipinski definition) is 1. The minimum absolute atomic E-state index is 0. The van der Waals surface area contributed by atoms with Crippen molar-refractivity contribution in [1.29, 1.82) is 0 Å². The quantitative estimate of drug-likeness (QED) is 0.866. The van der Waals surface area contributed by atoms with Crippen molar-refractivity contribution >= 4 is 24.0 Å². The van der Waals surface area contributed by atoms with Crippen LogP contribution in [-0.2, 0) is 0 Å². The van der Waals surface area contributed by atoms with Gasteiger partial charge < -0.3 is 5.73 Å². The Morgan fingerprint density at radius 2 is 2.07 bits per heavy atom. The largest absolute Gasteiger partial charge is 0.324 e. The molecule has 1 aromatic rings. The molecule has 0 aliphatic heterocycles. The third kappa shape index (κ3) is 3.33. The molecule has 0 spiro atoms. The number of benzene rings is 1. The van der Waals surface area contributed by atoms with Crippen LogP contribution in [0.4, 0.5) is 4.39 Å². The van der Waals surface area contributed by atoms with Gasteiger partial charge in [0, 0.05) is 11.6 Å². The molecule has 1 nitrogen and oxygen atoms in total. The summed E-state index contributed by atoms with van der Waals surface area (Å²) in [6, 6.07) is 4.67. The average molecular weight is 252 g/mol. The van der Waals surface area contributed by atoms with Gasteiger partial charge >= 0.3 is 0 Å². The molecule has 0 heterocycles. The number of halogens is 3. The topological polar surface area (TPSA) is 26.0 Å². The Balaban J connectivity index is 0.00000196. The second-order valence-electron chi connectivity index (χ2n) is 3.55. The number of hydrogen-bond donors (Lipinski definition) is 1. The Hall–Kier alpha value is -0.310. The van der Waals surface area contributed by atoms with Crippen LogP contribution in [0.1, 0.15) is 31.9 Å². The maximum absolute atomic E-state index is 13.5. The van der Waals surface area contributed by atoms with Gasteiger partial charge in [0.25, 0.3) is 0 Å². The second-order valence-corrected chi connectivity index (χ2v) is 3.96. The molecule has 0 amide bonds. The van der Waals surface area contributed by atoms with E-state index < -0.39 is 0 Å². The molecule has 2 N–H and O–H groups in total. The zero-order chi connectivity index (χ0) is 10.7. The van der Waals surface area contributed by atoms with E-state index in [1.54, 1.807) is 12.1 Å². The van der Waals surface area contributed by atoms with Crippen molar-refractivity contribution in [2.24, 2.45) is 11.7 Å². The lowest BCUT2D eigenvalue weighted by Crippen LogP contribution is -2.19. The molecule has 0 bridgehead atoms. The van der Waals surface area contributed by atoms with Crippen molar-refractivity contribution in [3.63, 3.8) is 0 Å². The Morgan fingerprint density at radius 1 is 1.47 bits per heavy atom. The Bertz CT molecular complexity index is 317. The van der Waals surface area contributed by atoms with Crippen LogP contribution in [0.5, 0.6) is 0 Å². The smallest absolute Gasteiger partial charge is 0.146 e. The van der Waals surface area contributed by atoms with Gasteiger partial charge in [-0.2, -0.15) is 0 Å². The molecule has 1 rings (SSSR count). The molecule has 0 aliphatic rings. The van der Waals surface area contributed by atoms with E-state index >= 15 is 0 Å². The van der Waals surface area contributed by atoms with Crippen molar-refractivity contribution in [1.82, 2.24) is 0 Å². The molecule has 0 aliphatic carbocycles. The van der Waals surface area contributed by atoms with Gasteiger partial charge in [-0.1, -0.05) is 44.0 Å². The first-order chi connectivity index (χ1) is 6.57. The summed E-state index contributed by atoms with van der Waals surface area (Å²) in [7, 11) is 0. The van der Waals surface area contributed by atoms with Crippen LogP contribution in [0.3, 0.4) is 0 Å². The molecule has 2 atom stereocenters. The molecule has 4 heteroatoms. The maximum Gasteiger partial charge on any atom is 0.146 e. The third-order valence-electron chi connectivity index (χ3n) is 2.60. The number of rotatable bonds is 3. The fourth-order valence-electron chi connectivity index (χ4n) is 1.34. The van der Waals surface area contributed by atoms with Crippen LogP contribution < -0.4 is 5.73 Å². The van der Waals surface area contributed by atoms with E-state index in [-0.39, 0.29) is 35.2 Å². The normalized spacial score (nSPS) is 14.2. The van der Waals surface area contributed by atoms with Crippen molar-refractivity contribution in [2.45, 2.75) is 26.3 Å². The first-order valence-electron chi connectivity index (χ1n) is 4.77. The predicted molar refractivity (Wildman–Crippen MR) is 65.0 cm³/mol. The Morgan fingerprint density at radius 3 is 2.60 bits per heavy atom. The molecule has 0 fully saturated rings. The zero-order valence-corrected chi connectivity index (χ0v) is 10.4. The van der Waals surface area contributed by atoms with E-state index in [0.717, 1.165) is 6.42 Å². The minimum atomic E-state index is -0.387. The molecular formula is C11H16Cl2FN. The van der Waals surface area contributed by atoms with Crippen LogP contribution >= 0.6 is 24.0 Å². The van der Waals surface area contributed by atoms with E-state index in [9.17, 15) is 4.39 Å². The highest BCUT2D eigenvalue weighted by molar-refractivity contribution is 6.30. The van der Waals surface area contributed by atoms with Gasteiger partial charge in [0.15, 0.2) is 0 Å². The molecule has 0 aromatic heterocycles. The highest BCUT2D eigenvalue weighted by Gasteiger charge is 2.18. The lowest BCUT2D eigenvalue weighted by atomic mass is 9.93. The van der Waals surface area contributed by atoms with Gasteiger partial charge in [0.2, 0.25) is 0 Å². The van der Waals surface area contributed by atoms with Crippen LogP contribution in [-0.4, -0.2) is 0 Å². The van der Waals surface area contributed by atoms with Gasteiger partial charge in [-0.15, -0.1) is 12.4 Å². The molecule has 1 aromatic carbocycles. The molecule has 0 radical (unpaired) electrons. The SMILES string of the molecule is CCC(C)[C@@H](N)c1cccc(Cl)c1F.Cl. The van der Waals surface area contributed by atoms with Gasteiger partial charge in [-0.3, -0.25) is 0 Å². The lowest BCUT2D eigenvalue weighted by molar-refractivity contribution is 0.439. The first-order valence-corrected chi connectivity index (χ1v) is 5.15. The van der Waals surface area contributed by atoms with Crippen molar-refractivity contribution in [3.8, 4) is 0 Å². The fraction of sp³-hybridized carbons (Fsp3) is 0.455. The summed E-state index contributed by atoms with van der Waals surface area (Å²) in [6.45, 7) is 4.04. The molecular weight excluding hydrogens is 236 g/mol. The monoisotopic (exact) mass is 251 g/mol. The van der Waals surface area contributed by atoms with Gasteiger partial charge in [0.1, 0.15) is 5.82 Å². The predicted octanol–water partition coefficient (Wildman–Crippen LogP) is 3.95. The first kappa shape index (κ1) is 14.7. The molecule has 0 saturated heterocycles. The van der Waals surface area contributed by atoms with E-state index in [1.165, 1.54) is 6.07 Å². The van der Waals surface area contributed by atoms with Crippen LogP contribution in [0.2, 0.25) is 5.02 Å². The Kier molecular flexibility index (Phi) is 6.18. The summed E-state index contributed by atoms with van der Waals surface area (Å²) in [4.78, 5) is 0. The van der Waals surface area contributed by atoms with Gasteiger partial charge in [-0.05, 0) is 12.0 Å². The highest BCUT2D eigenvalue weighted by atomic mass is 35.5. The molecule has 15 heavy (non-hydrogen) atoms. The van der Waals surface area contributed by atoms with Gasteiger partial charge in [0.05, 0.1) is 5.02 Å².